The second-order valence-electron chi connectivity index (χ2n) is 9.34. The first kappa shape index (κ1) is 22.7. The molecule has 0 radical (unpaired) electrons. The molecule has 0 spiro atoms. The summed E-state index contributed by atoms with van der Waals surface area (Å²) >= 11 is 5.88. The van der Waals surface area contributed by atoms with Crippen molar-refractivity contribution in [3.8, 4) is 11.5 Å². The number of rotatable bonds is 2. The van der Waals surface area contributed by atoms with Gasteiger partial charge in [0, 0.05) is 30.0 Å². The highest BCUT2D eigenvalue weighted by atomic mass is 35.5. The SMILES string of the molecule is CC(C)(C)OC(=O)N1CCC(c2cccc3c2OC(C)(c2ccc(Cl)cc2F)O3)C(O)C1. The van der Waals surface area contributed by atoms with E-state index in [1.54, 1.807) is 39.8 Å². The normalized spacial score (nSPS) is 25.0. The Balaban J connectivity index is 1.55. The molecule has 2 aromatic carbocycles. The molecule has 0 aliphatic carbocycles. The Morgan fingerprint density at radius 2 is 2.03 bits per heavy atom. The van der Waals surface area contributed by atoms with Crippen molar-refractivity contribution in [3.63, 3.8) is 0 Å². The van der Waals surface area contributed by atoms with Crippen LogP contribution in [0.3, 0.4) is 0 Å². The molecule has 0 aromatic heterocycles. The average molecular weight is 464 g/mol. The molecular weight excluding hydrogens is 437 g/mol. The lowest BCUT2D eigenvalue weighted by molar-refractivity contribution is -0.0715. The van der Waals surface area contributed by atoms with Gasteiger partial charge in [-0.15, -0.1) is 0 Å². The third-order valence-corrected chi connectivity index (χ3v) is 5.90. The molecule has 1 fully saturated rings. The number of para-hydroxylation sites is 1. The molecule has 172 valence electrons. The number of fused-ring (bicyclic) bond motifs is 1. The van der Waals surface area contributed by atoms with Gasteiger partial charge in [-0.2, -0.15) is 0 Å². The maximum Gasteiger partial charge on any atom is 0.410 e. The van der Waals surface area contributed by atoms with Crippen molar-refractivity contribution in [3.05, 3.63) is 58.4 Å². The minimum Gasteiger partial charge on any atom is -0.444 e. The predicted molar refractivity (Wildman–Crippen MR) is 118 cm³/mol. The molecule has 2 heterocycles. The lowest BCUT2D eigenvalue weighted by Crippen LogP contribution is -2.47. The Morgan fingerprint density at radius 3 is 2.69 bits per heavy atom. The Bertz CT molecular complexity index is 1040. The Morgan fingerprint density at radius 1 is 1.28 bits per heavy atom. The van der Waals surface area contributed by atoms with Crippen molar-refractivity contribution < 1.29 is 28.5 Å². The van der Waals surface area contributed by atoms with Gasteiger partial charge in [-0.05, 0) is 51.5 Å². The molecular formula is C24H27ClFNO5. The zero-order valence-electron chi connectivity index (χ0n) is 18.5. The van der Waals surface area contributed by atoms with E-state index < -0.39 is 29.4 Å². The number of carbonyl (C=O) groups excluding carboxylic acids is 1. The number of aliphatic hydroxyl groups excluding tert-OH is 1. The van der Waals surface area contributed by atoms with Gasteiger partial charge in [0.25, 0.3) is 5.79 Å². The molecule has 2 aliphatic heterocycles. The van der Waals surface area contributed by atoms with Crippen LogP contribution in [0.2, 0.25) is 5.02 Å². The van der Waals surface area contributed by atoms with Gasteiger partial charge in [-0.25, -0.2) is 9.18 Å². The third kappa shape index (κ3) is 4.36. The standard InChI is InChI=1S/C24H27ClFNO5/c1-23(2,3)32-22(29)27-11-10-15(19(28)13-27)16-6-5-7-20-21(16)31-24(4,30-20)17-9-8-14(25)12-18(17)26/h5-9,12,15,19,28H,10-11,13H2,1-4H3. The number of likely N-dealkylation sites (tertiary alicyclic amines) is 1. The summed E-state index contributed by atoms with van der Waals surface area (Å²) in [4.78, 5) is 13.9. The fraction of sp³-hybridized carbons (Fsp3) is 0.458. The molecule has 0 saturated carbocycles. The highest BCUT2D eigenvalue weighted by Gasteiger charge is 2.44. The Labute approximate surface area is 191 Å². The van der Waals surface area contributed by atoms with Gasteiger partial charge in [-0.1, -0.05) is 23.7 Å². The maximum absolute atomic E-state index is 14.6. The molecule has 1 saturated heterocycles. The van der Waals surface area contributed by atoms with Crippen molar-refractivity contribution in [1.29, 1.82) is 0 Å². The van der Waals surface area contributed by atoms with Crippen LogP contribution < -0.4 is 9.47 Å². The molecule has 0 bridgehead atoms. The third-order valence-electron chi connectivity index (χ3n) is 5.66. The van der Waals surface area contributed by atoms with E-state index in [0.717, 1.165) is 5.56 Å². The zero-order chi connectivity index (χ0) is 23.3. The van der Waals surface area contributed by atoms with Gasteiger partial charge in [0.1, 0.15) is 11.4 Å². The number of β-amino-alcohol motifs (C(OH)–C–C–N with tert-alkyl or cyclic N) is 1. The van der Waals surface area contributed by atoms with Crippen molar-refractivity contribution in [2.75, 3.05) is 13.1 Å². The van der Waals surface area contributed by atoms with Crippen LogP contribution in [-0.4, -0.2) is 40.9 Å². The summed E-state index contributed by atoms with van der Waals surface area (Å²) in [6.07, 6.45) is -0.740. The van der Waals surface area contributed by atoms with E-state index >= 15 is 0 Å². The van der Waals surface area contributed by atoms with E-state index in [4.69, 9.17) is 25.8 Å². The second kappa shape index (κ2) is 8.12. The van der Waals surface area contributed by atoms with Crippen LogP contribution in [-0.2, 0) is 10.5 Å². The average Bonchev–Trinajstić information content (AvgIpc) is 3.03. The summed E-state index contributed by atoms with van der Waals surface area (Å²) in [7, 11) is 0. The van der Waals surface area contributed by atoms with Gasteiger partial charge in [0.15, 0.2) is 11.5 Å². The van der Waals surface area contributed by atoms with Crippen molar-refractivity contribution >= 4 is 17.7 Å². The van der Waals surface area contributed by atoms with Gasteiger partial charge >= 0.3 is 6.09 Å². The molecule has 3 atom stereocenters. The van der Waals surface area contributed by atoms with E-state index in [1.165, 1.54) is 17.0 Å². The number of aliphatic hydroxyl groups is 1. The van der Waals surface area contributed by atoms with Gasteiger partial charge < -0.3 is 24.2 Å². The Kier molecular flexibility index (Phi) is 5.75. The molecule has 2 aromatic rings. The molecule has 1 N–H and O–H groups in total. The topological polar surface area (TPSA) is 68.2 Å². The second-order valence-corrected chi connectivity index (χ2v) is 9.77. The van der Waals surface area contributed by atoms with E-state index in [0.29, 0.717) is 24.5 Å². The molecule has 3 unspecified atom stereocenters. The molecule has 4 rings (SSSR count). The fourth-order valence-electron chi connectivity index (χ4n) is 4.19. The van der Waals surface area contributed by atoms with E-state index in [1.807, 2.05) is 12.1 Å². The highest BCUT2D eigenvalue weighted by molar-refractivity contribution is 6.30. The smallest absolute Gasteiger partial charge is 0.410 e. The number of hydrogen-bond acceptors (Lipinski definition) is 5. The number of hydrogen-bond donors (Lipinski definition) is 1. The van der Waals surface area contributed by atoms with Crippen LogP contribution in [0.25, 0.3) is 0 Å². The number of amides is 1. The molecule has 2 aliphatic rings. The number of nitrogens with zero attached hydrogens (tertiary/aromatic N) is 1. The van der Waals surface area contributed by atoms with E-state index in [2.05, 4.69) is 0 Å². The van der Waals surface area contributed by atoms with E-state index in [-0.39, 0.29) is 23.0 Å². The number of halogens is 2. The summed E-state index contributed by atoms with van der Waals surface area (Å²) in [6.45, 7) is 7.64. The number of piperidine rings is 1. The molecule has 6 nitrogen and oxygen atoms in total. The van der Waals surface area contributed by atoms with Crippen LogP contribution >= 0.6 is 11.6 Å². The maximum atomic E-state index is 14.6. The van der Waals surface area contributed by atoms with Gasteiger partial charge in [0.2, 0.25) is 0 Å². The minimum absolute atomic E-state index is 0.146. The number of benzene rings is 2. The summed E-state index contributed by atoms with van der Waals surface area (Å²) in [6, 6.07) is 9.77. The van der Waals surface area contributed by atoms with Crippen LogP contribution in [0, 0.1) is 5.82 Å². The number of carbonyl (C=O) groups is 1. The van der Waals surface area contributed by atoms with Crippen LogP contribution in [0.15, 0.2) is 36.4 Å². The first-order chi connectivity index (χ1) is 15.0. The van der Waals surface area contributed by atoms with Gasteiger partial charge in [-0.3, -0.25) is 0 Å². The molecule has 32 heavy (non-hydrogen) atoms. The van der Waals surface area contributed by atoms with Crippen molar-refractivity contribution in [2.45, 2.75) is 57.5 Å². The quantitative estimate of drug-likeness (QED) is 0.662. The highest BCUT2D eigenvalue weighted by Crippen LogP contribution is 2.49. The van der Waals surface area contributed by atoms with Crippen LogP contribution in [0.1, 0.15) is 51.2 Å². The summed E-state index contributed by atoms with van der Waals surface area (Å²) in [5.41, 5.74) is 0.382. The minimum atomic E-state index is -1.37. The predicted octanol–water partition coefficient (Wildman–Crippen LogP) is 5.21. The lowest BCUT2D eigenvalue weighted by Gasteiger charge is -2.37. The molecule has 1 amide bonds. The van der Waals surface area contributed by atoms with Gasteiger partial charge in [0.05, 0.1) is 18.2 Å². The largest absolute Gasteiger partial charge is 0.444 e. The fourth-order valence-corrected chi connectivity index (χ4v) is 4.35. The first-order valence-electron chi connectivity index (χ1n) is 10.6. The summed E-state index contributed by atoms with van der Waals surface area (Å²) < 4.78 is 32.2. The Hall–Kier alpha value is -2.51. The lowest BCUT2D eigenvalue weighted by atomic mass is 9.86. The van der Waals surface area contributed by atoms with Crippen molar-refractivity contribution in [2.24, 2.45) is 0 Å². The van der Waals surface area contributed by atoms with Crippen LogP contribution in [0.5, 0.6) is 11.5 Å². The summed E-state index contributed by atoms with van der Waals surface area (Å²) in [5.74, 6) is -1.22. The van der Waals surface area contributed by atoms with E-state index in [9.17, 15) is 14.3 Å². The summed E-state index contributed by atoms with van der Waals surface area (Å²) in [5, 5.41) is 11.2. The molecule has 8 heteroatoms. The number of ether oxygens (including phenoxy) is 3. The zero-order valence-corrected chi connectivity index (χ0v) is 19.3. The monoisotopic (exact) mass is 463 g/mol. The van der Waals surface area contributed by atoms with Crippen molar-refractivity contribution in [1.82, 2.24) is 4.90 Å². The first-order valence-corrected chi connectivity index (χ1v) is 11.0. The van der Waals surface area contributed by atoms with Crippen LogP contribution in [0.4, 0.5) is 9.18 Å².